The molecule has 3 rings (SSSR count). The minimum atomic E-state index is -3.93. The van der Waals surface area contributed by atoms with Gasteiger partial charge in [0.15, 0.2) is 0 Å². The molecule has 0 saturated carbocycles. The zero-order valence-corrected chi connectivity index (χ0v) is 15.9. The van der Waals surface area contributed by atoms with Crippen molar-refractivity contribution in [3.63, 3.8) is 0 Å². The predicted molar refractivity (Wildman–Crippen MR) is 103 cm³/mol. The molecule has 2 amide bonds. The van der Waals surface area contributed by atoms with E-state index in [2.05, 4.69) is 36.1 Å². The number of fused-ring (bicyclic) bond motifs is 1. The predicted octanol–water partition coefficient (Wildman–Crippen LogP) is 3.46. The first kappa shape index (κ1) is 18.3. The molecule has 1 aliphatic heterocycles. The molecular weight excluding hydrogens is 350 g/mol. The summed E-state index contributed by atoms with van der Waals surface area (Å²) < 4.78 is 27.0. The Balaban J connectivity index is 1.73. The molecule has 2 aromatic rings. The summed E-state index contributed by atoms with van der Waals surface area (Å²) in [6.45, 7) is 6.99. The molecule has 1 heterocycles. The van der Waals surface area contributed by atoms with Crippen LogP contribution < -0.4 is 15.4 Å². The minimum Gasteiger partial charge on any atom is -0.384 e. The Morgan fingerprint density at radius 2 is 1.88 bits per heavy atom. The molecule has 138 valence electrons. The summed E-state index contributed by atoms with van der Waals surface area (Å²) in [5.74, 6) is 0. The first-order chi connectivity index (χ1) is 12.1. The zero-order valence-electron chi connectivity index (χ0n) is 15.1. The molecular formula is C19H23N3O3S. The smallest absolute Gasteiger partial charge is 0.333 e. The van der Waals surface area contributed by atoms with Gasteiger partial charge in [0.05, 0.1) is 4.90 Å². The van der Waals surface area contributed by atoms with E-state index in [0.717, 1.165) is 29.8 Å². The number of hydrogen-bond donors (Lipinski definition) is 3. The van der Waals surface area contributed by atoms with Crippen molar-refractivity contribution < 1.29 is 13.2 Å². The van der Waals surface area contributed by atoms with E-state index in [9.17, 15) is 13.2 Å². The molecule has 0 atom stereocenters. The highest BCUT2D eigenvalue weighted by Crippen LogP contribution is 2.26. The lowest BCUT2D eigenvalue weighted by Gasteiger charge is -2.20. The van der Waals surface area contributed by atoms with Gasteiger partial charge in [-0.05, 0) is 53.3 Å². The standard InChI is InChI=1S/C19H23N3O3S/c1-19(2,3)14-5-4-6-15(12-14)21-18(23)22-26(24,25)16-7-8-17-13(11-16)9-10-20-17/h4-8,11-12,20H,9-10H2,1-3H3,(H2,21,22,23). The molecule has 0 radical (unpaired) electrons. The first-order valence-electron chi connectivity index (χ1n) is 8.46. The average molecular weight is 373 g/mol. The largest absolute Gasteiger partial charge is 0.384 e. The Hall–Kier alpha value is -2.54. The molecule has 0 spiro atoms. The number of urea groups is 1. The lowest BCUT2D eigenvalue weighted by molar-refractivity contribution is 0.256. The summed E-state index contributed by atoms with van der Waals surface area (Å²) in [7, 11) is -3.93. The summed E-state index contributed by atoms with van der Waals surface area (Å²) in [4.78, 5) is 12.3. The monoisotopic (exact) mass is 373 g/mol. The van der Waals surface area contributed by atoms with E-state index in [4.69, 9.17) is 0 Å². The Bertz CT molecular complexity index is 947. The van der Waals surface area contributed by atoms with E-state index in [-0.39, 0.29) is 10.3 Å². The number of sulfonamides is 1. The van der Waals surface area contributed by atoms with Crippen molar-refractivity contribution in [1.82, 2.24) is 4.72 Å². The molecule has 0 fully saturated rings. The van der Waals surface area contributed by atoms with E-state index in [1.807, 2.05) is 18.2 Å². The third-order valence-corrected chi connectivity index (χ3v) is 5.64. The molecule has 6 nitrogen and oxygen atoms in total. The molecule has 1 aliphatic rings. The fourth-order valence-electron chi connectivity index (χ4n) is 2.85. The maximum atomic E-state index is 12.5. The highest BCUT2D eigenvalue weighted by molar-refractivity contribution is 7.90. The van der Waals surface area contributed by atoms with Gasteiger partial charge in [0.2, 0.25) is 0 Å². The zero-order chi connectivity index (χ0) is 18.9. The maximum Gasteiger partial charge on any atom is 0.333 e. The second kappa shape index (κ2) is 6.64. The van der Waals surface area contributed by atoms with Gasteiger partial charge in [0.1, 0.15) is 0 Å². The van der Waals surface area contributed by atoms with Crippen LogP contribution in [0, 0.1) is 0 Å². The van der Waals surface area contributed by atoms with E-state index >= 15 is 0 Å². The molecule has 0 aromatic heterocycles. The van der Waals surface area contributed by atoms with Crippen molar-refractivity contribution in [2.24, 2.45) is 0 Å². The highest BCUT2D eigenvalue weighted by atomic mass is 32.2. The quantitative estimate of drug-likeness (QED) is 0.769. The van der Waals surface area contributed by atoms with Gasteiger partial charge in [-0.1, -0.05) is 32.9 Å². The van der Waals surface area contributed by atoms with Crippen LogP contribution in [-0.2, 0) is 21.9 Å². The number of nitrogens with one attached hydrogen (secondary N) is 3. The molecule has 3 N–H and O–H groups in total. The van der Waals surface area contributed by atoms with Crippen molar-refractivity contribution in [3.05, 3.63) is 53.6 Å². The van der Waals surface area contributed by atoms with Crippen molar-refractivity contribution in [2.75, 3.05) is 17.2 Å². The van der Waals surface area contributed by atoms with Gasteiger partial charge in [-0.2, -0.15) is 0 Å². The van der Waals surface area contributed by atoms with Crippen LogP contribution in [0.2, 0.25) is 0 Å². The van der Waals surface area contributed by atoms with E-state index in [0.29, 0.717) is 5.69 Å². The van der Waals surface area contributed by atoms with Gasteiger partial charge >= 0.3 is 6.03 Å². The molecule has 0 saturated heterocycles. The van der Waals surface area contributed by atoms with Crippen LogP contribution in [0.4, 0.5) is 16.2 Å². The third kappa shape index (κ3) is 3.99. The summed E-state index contributed by atoms with van der Waals surface area (Å²) >= 11 is 0. The number of hydrogen-bond acceptors (Lipinski definition) is 4. The van der Waals surface area contributed by atoms with Crippen LogP contribution in [-0.4, -0.2) is 21.0 Å². The second-order valence-electron chi connectivity index (χ2n) is 7.39. The van der Waals surface area contributed by atoms with Crippen molar-refractivity contribution in [2.45, 2.75) is 37.5 Å². The normalized spacial score (nSPS) is 13.7. The maximum absolute atomic E-state index is 12.5. The lowest BCUT2D eigenvalue weighted by Crippen LogP contribution is -2.34. The van der Waals surface area contributed by atoms with Crippen LogP contribution in [0.3, 0.4) is 0 Å². The fourth-order valence-corrected chi connectivity index (χ4v) is 3.81. The SMILES string of the molecule is CC(C)(C)c1cccc(NC(=O)NS(=O)(=O)c2ccc3c(c2)CCN3)c1. The third-order valence-electron chi connectivity index (χ3n) is 4.31. The van der Waals surface area contributed by atoms with E-state index < -0.39 is 16.1 Å². The topological polar surface area (TPSA) is 87.3 Å². The van der Waals surface area contributed by atoms with Gasteiger partial charge in [0.25, 0.3) is 10.0 Å². The van der Waals surface area contributed by atoms with Gasteiger partial charge in [0, 0.05) is 17.9 Å². The molecule has 26 heavy (non-hydrogen) atoms. The number of carbonyl (C=O) groups is 1. The summed E-state index contributed by atoms with van der Waals surface area (Å²) in [5.41, 5.74) is 3.39. The number of anilines is 2. The number of carbonyl (C=O) groups excluding carboxylic acids is 1. The van der Waals surface area contributed by atoms with Gasteiger partial charge in [-0.3, -0.25) is 0 Å². The molecule has 7 heteroatoms. The van der Waals surface area contributed by atoms with Crippen LogP contribution in [0.1, 0.15) is 31.9 Å². The van der Waals surface area contributed by atoms with Crippen molar-refractivity contribution in [1.29, 1.82) is 0 Å². The van der Waals surface area contributed by atoms with Crippen LogP contribution in [0.5, 0.6) is 0 Å². The van der Waals surface area contributed by atoms with Crippen molar-refractivity contribution in [3.8, 4) is 0 Å². The minimum absolute atomic E-state index is 0.0707. The Morgan fingerprint density at radius 1 is 1.12 bits per heavy atom. The Morgan fingerprint density at radius 3 is 2.62 bits per heavy atom. The van der Waals surface area contributed by atoms with Gasteiger partial charge in [-0.15, -0.1) is 0 Å². The van der Waals surface area contributed by atoms with Gasteiger partial charge < -0.3 is 10.6 Å². The Kier molecular flexibility index (Phi) is 4.66. The van der Waals surface area contributed by atoms with Crippen LogP contribution >= 0.6 is 0 Å². The number of benzene rings is 2. The van der Waals surface area contributed by atoms with Crippen LogP contribution in [0.25, 0.3) is 0 Å². The Labute approximate surface area is 154 Å². The number of rotatable bonds is 3. The van der Waals surface area contributed by atoms with E-state index in [1.165, 1.54) is 6.07 Å². The van der Waals surface area contributed by atoms with Crippen molar-refractivity contribution >= 4 is 27.4 Å². The molecule has 0 bridgehead atoms. The highest BCUT2D eigenvalue weighted by Gasteiger charge is 2.21. The average Bonchev–Trinajstić information content (AvgIpc) is 3.01. The summed E-state index contributed by atoms with van der Waals surface area (Å²) in [6, 6.07) is 11.4. The number of amides is 2. The fraction of sp³-hybridized carbons (Fsp3) is 0.316. The summed E-state index contributed by atoms with van der Waals surface area (Å²) in [6.07, 6.45) is 0.768. The molecule has 2 aromatic carbocycles. The van der Waals surface area contributed by atoms with Crippen LogP contribution in [0.15, 0.2) is 47.4 Å². The second-order valence-corrected chi connectivity index (χ2v) is 9.07. The van der Waals surface area contributed by atoms with E-state index in [1.54, 1.807) is 18.2 Å². The lowest BCUT2D eigenvalue weighted by atomic mass is 9.87. The summed E-state index contributed by atoms with van der Waals surface area (Å²) in [5, 5.41) is 5.77. The first-order valence-corrected chi connectivity index (χ1v) is 9.95. The van der Waals surface area contributed by atoms with Gasteiger partial charge in [-0.25, -0.2) is 17.9 Å². The molecule has 0 aliphatic carbocycles. The molecule has 0 unspecified atom stereocenters.